The third-order valence-electron chi connectivity index (χ3n) is 6.11. The van der Waals surface area contributed by atoms with Crippen molar-refractivity contribution in [1.29, 1.82) is 0 Å². The number of imidazole rings is 1. The molecule has 0 radical (unpaired) electrons. The van der Waals surface area contributed by atoms with E-state index < -0.39 is 0 Å². The molecule has 0 aliphatic carbocycles. The molecule has 0 amide bonds. The van der Waals surface area contributed by atoms with Crippen LogP contribution in [0.3, 0.4) is 0 Å². The van der Waals surface area contributed by atoms with Gasteiger partial charge >= 0.3 is 5.69 Å². The fraction of sp³-hybridized carbons (Fsp3) is 0.522. The van der Waals surface area contributed by atoms with Gasteiger partial charge in [-0.15, -0.1) is 0 Å². The molecule has 9 nitrogen and oxygen atoms in total. The van der Waals surface area contributed by atoms with Crippen LogP contribution in [0, 0.1) is 5.92 Å². The van der Waals surface area contributed by atoms with E-state index in [0.717, 1.165) is 24.9 Å². The van der Waals surface area contributed by atoms with E-state index in [9.17, 15) is 9.59 Å². The van der Waals surface area contributed by atoms with E-state index in [1.54, 1.807) is 21.3 Å². The molecule has 1 aromatic carbocycles. The molecule has 32 heavy (non-hydrogen) atoms. The summed E-state index contributed by atoms with van der Waals surface area (Å²) in [6.45, 7) is 6.02. The van der Waals surface area contributed by atoms with Crippen molar-refractivity contribution in [2.24, 2.45) is 13.0 Å². The molecule has 0 saturated heterocycles. The molecule has 0 fully saturated rings. The molecule has 3 aromatic rings. The fourth-order valence-electron chi connectivity index (χ4n) is 4.43. The van der Waals surface area contributed by atoms with E-state index in [-0.39, 0.29) is 17.2 Å². The summed E-state index contributed by atoms with van der Waals surface area (Å²) in [7, 11) is 4.91. The Hall–Kier alpha value is -3.23. The van der Waals surface area contributed by atoms with Gasteiger partial charge in [0.05, 0.1) is 19.9 Å². The molecule has 0 bridgehead atoms. The number of aryl methyl sites for hydroxylation is 1. The van der Waals surface area contributed by atoms with Gasteiger partial charge in [-0.25, -0.2) is 4.79 Å². The first-order chi connectivity index (χ1) is 15.4. The maximum Gasteiger partial charge on any atom is 0.332 e. The van der Waals surface area contributed by atoms with Crippen molar-refractivity contribution in [3.8, 4) is 11.5 Å². The first kappa shape index (κ1) is 22.0. The lowest BCUT2D eigenvalue weighted by atomic mass is 10.1. The summed E-state index contributed by atoms with van der Waals surface area (Å²) in [5.41, 5.74) is 1.13. The number of nitrogens with zero attached hydrogens (tertiary/aromatic N) is 5. The Morgan fingerprint density at radius 2 is 1.91 bits per heavy atom. The second-order valence-electron chi connectivity index (χ2n) is 8.45. The zero-order chi connectivity index (χ0) is 23.0. The van der Waals surface area contributed by atoms with Gasteiger partial charge in [0.1, 0.15) is 11.5 Å². The van der Waals surface area contributed by atoms with Crippen LogP contribution in [0.1, 0.15) is 33.1 Å². The third-order valence-corrected chi connectivity index (χ3v) is 6.11. The highest BCUT2D eigenvalue weighted by Gasteiger charge is 2.31. The summed E-state index contributed by atoms with van der Waals surface area (Å²) in [4.78, 5) is 33.2. The van der Waals surface area contributed by atoms with Gasteiger partial charge in [-0.1, -0.05) is 26.7 Å². The van der Waals surface area contributed by atoms with Crippen molar-refractivity contribution in [2.75, 3.05) is 25.7 Å². The first-order valence-electron chi connectivity index (χ1n) is 11.1. The van der Waals surface area contributed by atoms with Gasteiger partial charge in [-0.05, 0) is 24.5 Å². The van der Waals surface area contributed by atoms with Crippen LogP contribution < -0.4 is 25.6 Å². The summed E-state index contributed by atoms with van der Waals surface area (Å²) < 4.78 is 15.8. The van der Waals surface area contributed by atoms with Gasteiger partial charge in [0.2, 0.25) is 5.95 Å². The van der Waals surface area contributed by atoms with Gasteiger partial charge in [0.25, 0.3) is 5.56 Å². The van der Waals surface area contributed by atoms with Crippen LogP contribution in [0.5, 0.6) is 11.5 Å². The lowest BCUT2D eigenvalue weighted by molar-refractivity contribution is 0.392. The lowest BCUT2D eigenvalue weighted by Crippen LogP contribution is -2.40. The molecule has 0 saturated carbocycles. The van der Waals surface area contributed by atoms with Crippen LogP contribution in [-0.4, -0.2) is 39.4 Å². The van der Waals surface area contributed by atoms with Crippen molar-refractivity contribution in [3.63, 3.8) is 0 Å². The minimum atomic E-state index is -0.323. The van der Waals surface area contributed by atoms with Crippen LogP contribution in [0.15, 0.2) is 27.8 Å². The number of anilines is 2. The third kappa shape index (κ3) is 3.55. The summed E-state index contributed by atoms with van der Waals surface area (Å²) in [6, 6.07) is 5.64. The number of unbranched alkanes of at least 4 members (excludes halogenated alkanes) is 2. The Labute approximate surface area is 186 Å². The van der Waals surface area contributed by atoms with Gasteiger partial charge in [-0.2, -0.15) is 4.98 Å². The minimum absolute atomic E-state index is 0.261. The Bertz CT molecular complexity index is 1260. The molecule has 172 valence electrons. The number of methoxy groups -OCH3 is 2. The zero-order valence-corrected chi connectivity index (χ0v) is 19.4. The van der Waals surface area contributed by atoms with Crippen molar-refractivity contribution in [1.82, 2.24) is 18.7 Å². The van der Waals surface area contributed by atoms with Crippen LogP contribution >= 0.6 is 0 Å². The molecule has 4 rings (SSSR count). The molecule has 1 unspecified atom stereocenters. The number of ether oxygens (including phenoxy) is 2. The molecule has 2 aromatic heterocycles. The van der Waals surface area contributed by atoms with E-state index in [4.69, 9.17) is 14.5 Å². The number of hydrogen-bond acceptors (Lipinski definition) is 6. The van der Waals surface area contributed by atoms with Crippen LogP contribution in [-0.2, 0) is 20.1 Å². The topological polar surface area (TPSA) is 83.5 Å². The number of benzene rings is 1. The van der Waals surface area contributed by atoms with E-state index in [1.807, 2.05) is 22.8 Å². The van der Waals surface area contributed by atoms with Crippen LogP contribution in [0.2, 0.25) is 0 Å². The molecule has 1 aliphatic rings. The summed E-state index contributed by atoms with van der Waals surface area (Å²) >= 11 is 0. The number of fused-ring (bicyclic) bond motifs is 3. The number of hydrogen-bond donors (Lipinski definition) is 0. The summed E-state index contributed by atoms with van der Waals surface area (Å²) in [5, 5.41) is 0. The molecule has 9 heteroatoms. The average Bonchev–Trinajstić information content (AvgIpc) is 3.18. The quantitative estimate of drug-likeness (QED) is 0.524. The molecule has 1 atom stereocenters. The van der Waals surface area contributed by atoms with Gasteiger partial charge in [0.15, 0.2) is 11.2 Å². The van der Waals surface area contributed by atoms with E-state index in [0.29, 0.717) is 48.2 Å². The van der Waals surface area contributed by atoms with Crippen molar-refractivity contribution >= 4 is 22.8 Å². The minimum Gasteiger partial charge on any atom is -0.497 e. The zero-order valence-electron chi connectivity index (χ0n) is 19.4. The highest BCUT2D eigenvalue weighted by atomic mass is 16.5. The number of aromatic nitrogens is 4. The maximum atomic E-state index is 13.4. The number of rotatable bonds is 7. The normalized spacial score (nSPS) is 15.8. The highest BCUT2D eigenvalue weighted by molar-refractivity contribution is 5.78. The predicted octanol–water partition coefficient (Wildman–Crippen LogP) is 2.89. The lowest BCUT2D eigenvalue weighted by Gasteiger charge is -2.33. The predicted molar refractivity (Wildman–Crippen MR) is 124 cm³/mol. The second-order valence-corrected chi connectivity index (χ2v) is 8.45. The molecule has 3 heterocycles. The van der Waals surface area contributed by atoms with E-state index >= 15 is 0 Å². The van der Waals surface area contributed by atoms with Crippen molar-refractivity contribution < 1.29 is 9.47 Å². The largest absolute Gasteiger partial charge is 0.497 e. The van der Waals surface area contributed by atoms with E-state index in [1.165, 1.54) is 9.13 Å². The Kier molecular flexibility index (Phi) is 5.99. The fourth-order valence-corrected chi connectivity index (χ4v) is 4.43. The molecular weight excluding hydrogens is 410 g/mol. The highest BCUT2D eigenvalue weighted by Crippen LogP contribution is 2.39. The van der Waals surface area contributed by atoms with E-state index in [2.05, 4.69) is 18.7 Å². The summed E-state index contributed by atoms with van der Waals surface area (Å²) in [6.07, 6.45) is 2.79. The molecular formula is C23H31N5O4. The molecule has 0 spiro atoms. The maximum absolute atomic E-state index is 13.4. The van der Waals surface area contributed by atoms with Gasteiger partial charge in [-0.3, -0.25) is 13.9 Å². The summed E-state index contributed by atoms with van der Waals surface area (Å²) in [5.74, 6) is 2.25. The van der Waals surface area contributed by atoms with Crippen LogP contribution in [0.25, 0.3) is 11.2 Å². The Balaban J connectivity index is 1.92. The average molecular weight is 442 g/mol. The first-order valence-corrected chi connectivity index (χ1v) is 11.1. The molecule has 0 N–H and O–H groups in total. The smallest absolute Gasteiger partial charge is 0.332 e. The molecule has 1 aliphatic heterocycles. The Morgan fingerprint density at radius 1 is 1.12 bits per heavy atom. The van der Waals surface area contributed by atoms with Gasteiger partial charge in [0, 0.05) is 32.7 Å². The standard InChI is InChI=1S/C23H31N5O4/c1-6-7-8-11-26-21(29)19-20(25(3)23(26)30)24-22-27(13-15(2)14-28(19)22)17-10-9-16(31-4)12-18(17)32-5/h9-10,12,15H,6-8,11,13-14H2,1-5H3. The Morgan fingerprint density at radius 3 is 2.59 bits per heavy atom. The second kappa shape index (κ2) is 8.72. The van der Waals surface area contributed by atoms with Crippen molar-refractivity contribution in [2.45, 2.75) is 46.2 Å². The van der Waals surface area contributed by atoms with Crippen molar-refractivity contribution in [3.05, 3.63) is 39.0 Å². The van der Waals surface area contributed by atoms with Crippen LogP contribution in [0.4, 0.5) is 11.6 Å². The monoisotopic (exact) mass is 441 g/mol. The SMILES string of the molecule is CCCCCn1c(=O)c2c(nc3n2CC(C)CN3c2ccc(OC)cc2OC)n(C)c1=O. The van der Waals surface area contributed by atoms with Gasteiger partial charge < -0.3 is 18.9 Å².